The van der Waals surface area contributed by atoms with Crippen LogP contribution in [-0.2, 0) is 16.1 Å². The lowest BCUT2D eigenvalue weighted by Crippen LogP contribution is -2.27. The molecule has 3 amide bonds. The number of carbonyl (C=O) groups is 3. The molecule has 1 fully saturated rings. The van der Waals surface area contributed by atoms with E-state index in [0.29, 0.717) is 44.8 Å². The molecule has 3 aromatic rings. The highest BCUT2D eigenvalue weighted by molar-refractivity contribution is 8.18. The van der Waals surface area contributed by atoms with Crippen LogP contribution in [0.4, 0.5) is 10.5 Å². The second-order valence-electron chi connectivity index (χ2n) is 8.63. The van der Waals surface area contributed by atoms with Crippen molar-refractivity contribution in [2.45, 2.75) is 27.3 Å². The lowest BCUT2D eigenvalue weighted by atomic mass is 10.1. The average Bonchev–Trinajstić information content (AvgIpc) is 3.14. The van der Waals surface area contributed by atoms with Gasteiger partial charge in [0.1, 0.15) is 0 Å². The number of hydrogen-bond donors (Lipinski definition) is 1. The highest BCUT2D eigenvalue weighted by Gasteiger charge is 2.35. The maximum Gasteiger partial charge on any atom is 0.293 e. The number of imide groups is 1. The molecule has 9 heteroatoms. The summed E-state index contributed by atoms with van der Waals surface area (Å²) in [6.07, 6.45) is 1.64. The molecule has 38 heavy (non-hydrogen) atoms. The molecular formula is C29H27ClN2O5S. The number of nitrogens with zero attached hydrogens (tertiary/aromatic N) is 1. The highest BCUT2D eigenvalue weighted by Crippen LogP contribution is 2.36. The molecule has 1 aliphatic rings. The molecule has 196 valence electrons. The number of thioether (sulfide) groups is 1. The summed E-state index contributed by atoms with van der Waals surface area (Å²) in [4.78, 5) is 39.4. The van der Waals surface area contributed by atoms with Crippen LogP contribution in [0.25, 0.3) is 6.08 Å². The lowest BCUT2D eigenvalue weighted by molar-refractivity contribution is -0.123. The number of hydrogen-bond acceptors (Lipinski definition) is 6. The number of aryl methyl sites for hydroxylation is 2. The molecule has 3 aromatic carbocycles. The minimum absolute atomic E-state index is 0.100. The first kappa shape index (κ1) is 27.3. The van der Waals surface area contributed by atoms with Crippen LogP contribution in [0, 0.1) is 13.8 Å². The molecule has 4 rings (SSSR count). The highest BCUT2D eigenvalue weighted by atomic mass is 35.5. The zero-order chi connectivity index (χ0) is 27.2. The fraction of sp³-hybridized carbons (Fsp3) is 0.207. The molecule has 0 bridgehead atoms. The summed E-state index contributed by atoms with van der Waals surface area (Å²) in [5.74, 6) is 0.134. The van der Waals surface area contributed by atoms with Crippen LogP contribution >= 0.6 is 23.4 Å². The Hall–Kier alpha value is -3.75. The first-order valence-corrected chi connectivity index (χ1v) is 13.2. The van der Waals surface area contributed by atoms with Crippen molar-refractivity contribution >= 4 is 52.2 Å². The van der Waals surface area contributed by atoms with E-state index in [1.165, 1.54) is 4.90 Å². The van der Waals surface area contributed by atoms with Crippen molar-refractivity contribution < 1.29 is 23.9 Å². The Bertz CT molecular complexity index is 1420. The Balaban J connectivity index is 1.44. The van der Waals surface area contributed by atoms with Crippen molar-refractivity contribution in [3.05, 3.63) is 92.8 Å². The fourth-order valence-corrected chi connectivity index (χ4v) is 4.78. The molecule has 0 unspecified atom stereocenters. The van der Waals surface area contributed by atoms with Crippen molar-refractivity contribution in [1.29, 1.82) is 0 Å². The van der Waals surface area contributed by atoms with Crippen LogP contribution in [-0.4, -0.2) is 35.2 Å². The first-order valence-electron chi connectivity index (χ1n) is 12.0. The molecule has 0 saturated carbocycles. The third-order valence-electron chi connectivity index (χ3n) is 5.87. The minimum Gasteiger partial charge on any atom is -0.490 e. The Labute approximate surface area is 230 Å². The summed E-state index contributed by atoms with van der Waals surface area (Å²) in [5.41, 5.74) is 4.28. The number of halogens is 1. The molecule has 1 heterocycles. The monoisotopic (exact) mass is 550 g/mol. The van der Waals surface area contributed by atoms with Crippen molar-refractivity contribution in [1.82, 2.24) is 4.90 Å². The standard InChI is InChI=1S/C29H27ClN2O5S/c1-4-36-25-14-20(10-12-24(25)37-17-27(33)31-22-11-9-18(2)19(3)13-22)15-26-28(34)32(29(35)38-26)16-21-7-5-6-8-23(21)30/h5-15H,4,16-17H2,1-3H3,(H,31,33)/b26-15-. The van der Waals surface area contributed by atoms with Gasteiger partial charge in [-0.3, -0.25) is 19.3 Å². The van der Waals surface area contributed by atoms with Crippen LogP contribution in [0.5, 0.6) is 11.5 Å². The summed E-state index contributed by atoms with van der Waals surface area (Å²) >= 11 is 7.07. The zero-order valence-electron chi connectivity index (χ0n) is 21.2. The lowest BCUT2D eigenvalue weighted by Gasteiger charge is -2.14. The van der Waals surface area contributed by atoms with E-state index in [1.54, 1.807) is 42.5 Å². The predicted molar refractivity (Wildman–Crippen MR) is 151 cm³/mol. The number of ether oxygens (including phenoxy) is 2. The van der Waals surface area contributed by atoms with Gasteiger partial charge in [0.05, 0.1) is 18.1 Å². The van der Waals surface area contributed by atoms with E-state index in [9.17, 15) is 14.4 Å². The van der Waals surface area contributed by atoms with Gasteiger partial charge in [-0.25, -0.2) is 0 Å². The smallest absolute Gasteiger partial charge is 0.293 e. The molecule has 0 spiro atoms. The Morgan fingerprint density at radius 1 is 1.00 bits per heavy atom. The summed E-state index contributed by atoms with van der Waals surface area (Å²) in [6, 6.07) is 17.9. The number of benzene rings is 3. The minimum atomic E-state index is -0.388. The summed E-state index contributed by atoms with van der Waals surface area (Å²) in [7, 11) is 0. The summed E-state index contributed by atoms with van der Waals surface area (Å²) in [5, 5.41) is 2.96. The van der Waals surface area contributed by atoms with E-state index in [-0.39, 0.29) is 30.2 Å². The number of carbonyl (C=O) groups excluding carboxylic acids is 3. The van der Waals surface area contributed by atoms with Gasteiger partial charge in [0.25, 0.3) is 17.1 Å². The average molecular weight is 551 g/mol. The summed E-state index contributed by atoms with van der Waals surface area (Å²) in [6.45, 7) is 6.10. The van der Waals surface area contributed by atoms with Gasteiger partial charge in [-0.05, 0) is 91.2 Å². The van der Waals surface area contributed by atoms with Crippen LogP contribution in [0.2, 0.25) is 5.02 Å². The van der Waals surface area contributed by atoms with Gasteiger partial charge in [0.15, 0.2) is 18.1 Å². The van der Waals surface area contributed by atoms with Crippen molar-refractivity contribution in [2.24, 2.45) is 0 Å². The number of rotatable bonds is 9. The van der Waals surface area contributed by atoms with Crippen LogP contribution < -0.4 is 14.8 Å². The molecule has 7 nitrogen and oxygen atoms in total. The molecule has 0 radical (unpaired) electrons. The van der Waals surface area contributed by atoms with Gasteiger partial charge in [0.2, 0.25) is 0 Å². The maximum absolute atomic E-state index is 13.0. The van der Waals surface area contributed by atoms with E-state index >= 15 is 0 Å². The molecule has 1 saturated heterocycles. The second-order valence-corrected chi connectivity index (χ2v) is 10.0. The molecule has 0 aromatic heterocycles. The first-order chi connectivity index (χ1) is 18.2. The van der Waals surface area contributed by atoms with E-state index < -0.39 is 0 Å². The number of anilines is 1. The SMILES string of the molecule is CCOc1cc(/C=C2\SC(=O)N(Cc3ccccc3Cl)C2=O)ccc1OCC(=O)Nc1ccc(C)c(C)c1. The van der Waals surface area contributed by atoms with Gasteiger partial charge in [-0.2, -0.15) is 0 Å². The zero-order valence-corrected chi connectivity index (χ0v) is 22.8. The van der Waals surface area contributed by atoms with E-state index in [0.717, 1.165) is 22.9 Å². The third-order valence-corrected chi connectivity index (χ3v) is 7.15. The van der Waals surface area contributed by atoms with Crippen LogP contribution in [0.1, 0.15) is 29.2 Å². The van der Waals surface area contributed by atoms with Crippen LogP contribution in [0.15, 0.2) is 65.6 Å². The second kappa shape index (κ2) is 12.2. The molecule has 0 atom stereocenters. The predicted octanol–water partition coefficient (Wildman–Crippen LogP) is 6.61. The van der Waals surface area contributed by atoms with Gasteiger partial charge in [-0.15, -0.1) is 0 Å². The van der Waals surface area contributed by atoms with Gasteiger partial charge < -0.3 is 14.8 Å². The Morgan fingerprint density at radius 2 is 1.79 bits per heavy atom. The Kier molecular flexibility index (Phi) is 8.76. The van der Waals surface area contributed by atoms with Crippen molar-refractivity contribution in [2.75, 3.05) is 18.5 Å². The molecule has 0 aliphatic carbocycles. The van der Waals surface area contributed by atoms with Crippen molar-refractivity contribution in [3.8, 4) is 11.5 Å². The normalized spacial score (nSPS) is 14.2. The third kappa shape index (κ3) is 6.57. The van der Waals surface area contributed by atoms with E-state index in [4.69, 9.17) is 21.1 Å². The molecule has 1 N–H and O–H groups in total. The molecular weight excluding hydrogens is 524 g/mol. The maximum atomic E-state index is 13.0. The quantitative estimate of drug-likeness (QED) is 0.302. The fourth-order valence-electron chi connectivity index (χ4n) is 3.75. The van der Waals surface area contributed by atoms with Crippen molar-refractivity contribution in [3.63, 3.8) is 0 Å². The van der Waals surface area contributed by atoms with E-state index in [1.807, 2.05) is 45.0 Å². The van der Waals surface area contributed by atoms with E-state index in [2.05, 4.69) is 5.32 Å². The number of nitrogens with one attached hydrogen (secondary N) is 1. The van der Waals surface area contributed by atoms with Crippen LogP contribution in [0.3, 0.4) is 0 Å². The van der Waals surface area contributed by atoms with Gasteiger partial charge >= 0.3 is 0 Å². The number of amides is 3. The Morgan fingerprint density at radius 3 is 2.53 bits per heavy atom. The van der Waals surface area contributed by atoms with Gasteiger partial charge in [-0.1, -0.05) is 41.9 Å². The topological polar surface area (TPSA) is 84.9 Å². The van der Waals surface area contributed by atoms with Gasteiger partial charge in [0, 0.05) is 10.7 Å². The summed E-state index contributed by atoms with van der Waals surface area (Å²) < 4.78 is 11.4. The largest absolute Gasteiger partial charge is 0.490 e. The molecule has 1 aliphatic heterocycles.